The molecule has 0 radical (unpaired) electrons. The molecule has 0 aliphatic rings. The maximum atomic E-state index is 12.0. The normalized spacial score (nSPS) is 10.3. The molecule has 0 saturated heterocycles. The van der Waals surface area contributed by atoms with Crippen LogP contribution < -0.4 is 10.6 Å². The molecular weight excluding hydrogens is 294 g/mol. The van der Waals surface area contributed by atoms with Gasteiger partial charge in [-0.3, -0.25) is 9.78 Å². The van der Waals surface area contributed by atoms with E-state index in [1.807, 2.05) is 24.3 Å². The standard InChI is InChI=1S/C16H15N5O2/c22-15(18-8-12-3-5-17-6-4-12)13-9-19-16(20-10-13)21-11-14-2-1-7-23-14/h1-7,9-10H,8,11H2,(H,18,22)(H,19,20,21). The first kappa shape index (κ1) is 14.7. The van der Waals surface area contributed by atoms with E-state index in [0.717, 1.165) is 11.3 Å². The number of pyridine rings is 1. The van der Waals surface area contributed by atoms with Gasteiger partial charge in [-0.15, -0.1) is 0 Å². The minimum atomic E-state index is -0.223. The number of carbonyl (C=O) groups excluding carboxylic acids is 1. The predicted octanol–water partition coefficient (Wildman–Crippen LogP) is 2.01. The smallest absolute Gasteiger partial charge is 0.254 e. The fourth-order valence-corrected chi connectivity index (χ4v) is 1.90. The van der Waals surface area contributed by atoms with Gasteiger partial charge in [0.15, 0.2) is 0 Å². The highest BCUT2D eigenvalue weighted by molar-refractivity contribution is 5.93. The van der Waals surface area contributed by atoms with E-state index in [1.165, 1.54) is 12.4 Å². The van der Waals surface area contributed by atoms with Crippen LogP contribution in [0.5, 0.6) is 0 Å². The summed E-state index contributed by atoms with van der Waals surface area (Å²) in [6, 6.07) is 7.36. The molecule has 0 atom stereocenters. The van der Waals surface area contributed by atoms with Crippen molar-refractivity contribution in [1.29, 1.82) is 0 Å². The summed E-state index contributed by atoms with van der Waals surface area (Å²) >= 11 is 0. The van der Waals surface area contributed by atoms with Crippen LogP contribution in [0, 0.1) is 0 Å². The van der Waals surface area contributed by atoms with Gasteiger partial charge in [-0.1, -0.05) is 0 Å². The molecule has 7 heteroatoms. The van der Waals surface area contributed by atoms with Crippen LogP contribution in [0.4, 0.5) is 5.95 Å². The molecule has 1 amide bonds. The van der Waals surface area contributed by atoms with Crippen LogP contribution in [0.3, 0.4) is 0 Å². The zero-order valence-electron chi connectivity index (χ0n) is 12.3. The Morgan fingerprint density at radius 3 is 2.57 bits per heavy atom. The molecule has 0 unspecified atom stereocenters. The number of aromatic nitrogens is 3. The molecule has 0 bridgehead atoms. The lowest BCUT2D eigenvalue weighted by atomic mass is 10.2. The van der Waals surface area contributed by atoms with Crippen LogP contribution in [0.2, 0.25) is 0 Å². The number of rotatable bonds is 6. The molecular formula is C16H15N5O2. The summed E-state index contributed by atoms with van der Waals surface area (Å²) < 4.78 is 5.20. The van der Waals surface area contributed by atoms with Gasteiger partial charge < -0.3 is 15.1 Å². The highest BCUT2D eigenvalue weighted by Crippen LogP contribution is 2.05. The summed E-state index contributed by atoms with van der Waals surface area (Å²) in [5.74, 6) is 0.999. The highest BCUT2D eigenvalue weighted by atomic mass is 16.3. The van der Waals surface area contributed by atoms with Crippen LogP contribution in [0.1, 0.15) is 21.7 Å². The van der Waals surface area contributed by atoms with Crippen LogP contribution in [0.25, 0.3) is 0 Å². The minimum Gasteiger partial charge on any atom is -0.467 e. The van der Waals surface area contributed by atoms with Gasteiger partial charge >= 0.3 is 0 Å². The highest BCUT2D eigenvalue weighted by Gasteiger charge is 2.07. The van der Waals surface area contributed by atoms with Crippen molar-refractivity contribution in [2.24, 2.45) is 0 Å². The van der Waals surface area contributed by atoms with Crippen molar-refractivity contribution >= 4 is 11.9 Å². The van der Waals surface area contributed by atoms with Crippen LogP contribution >= 0.6 is 0 Å². The largest absolute Gasteiger partial charge is 0.467 e. The zero-order chi connectivity index (χ0) is 15.9. The lowest BCUT2D eigenvalue weighted by Gasteiger charge is -2.06. The molecule has 0 saturated carbocycles. The van der Waals surface area contributed by atoms with Gasteiger partial charge in [0.2, 0.25) is 5.95 Å². The quantitative estimate of drug-likeness (QED) is 0.723. The molecule has 23 heavy (non-hydrogen) atoms. The first-order valence-corrected chi connectivity index (χ1v) is 7.06. The second kappa shape index (κ2) is 7.17. The van der Waals surface area contributed by atoms with Crippen molar-refractivity contribution in [2.45, 2.75) is 13.1 Å². The number of nitrogens with one attached hydrogen (secondary N) is 2. The topological polar surface area (TPSA) is 92.9 Å². The monoisotopic (exact) mass is 309 g/mol. The number of anilines is 1. The third-order valence-corrected chi connectivity index (χ3v) is 3.12. The van der Waals surface area contributed by atoms with E-state index in [1.54, 1.807) is 18.7 Å². The first-order valence-electron chi connectivity index (χ1n) is 7.06. The molecule has 3 aromatic rings. The number of furan rings is 1. The van der Waals surface area contributed by atoms with Crippen LogP contribution in [0.15, 0.2) is 59.7 Å². The Kier molecular flexibility index (Phi) is 4.58. The Balaban J connectivity index is 1.53. The van der Waals surface area contributed by atoms with Crippen LogP contribution in [-0.4, -0.2) is 20.9 Å². The van der Waals surface area contributed by atoms with Gasteiger partial charge in [-0.05, 0) is 29.8 Å². The number of amides is 1. The van der Waals surface area contributed by atoms with Gasteiger partial charge in [0, 0.05) is 31.3 Å². The average Bonchev–Trinajstić information content (AvgIpc) is 3.13. The Labute approximate surface area is 132 Å². The van der Waals surface area contributed by atoms with Crippen molar-refractivity contribution in [3.63, 3.8) is 0 Å². The molecule has 0 aliphatic heterocycles. The molecule has 0 aromatic carbocycles. The number of hydrogen-bond donors (Lipinski definition) is 2. The second-order valence-electron chi connectivity index (χ2n) is 4.77. The van der Waals surface area contributed by atoms with Crippen molar-refractivity contribution in [2.75, 3.05) is 5.32 Å². The number of hydrogen-bond acceptors (Lipinski definition) is 6. The summed E-state index contributed by atoms with van der Waals surface area (Å²) in [5, 5.41) is 5.82. The summed E-state index contributed by atoms with van der Waals surface area (Å²) in [6.45, 7) is 0.917. The maximum absolute atomic E-state index is 12.0. The molecule has 3 aromatic heterocycles. The average molecular weight is 309 g/mol. The van der Waals surface area contributed by atoms with Crippen molar-refractivity contribution in [3.8, 4) is 0 Å². The molecule has 7 nitrogen and oxygen atoms in total. The lowest BCUT2D eigenvalue weighted by molar-refractivity contribution is 0.0950. The molecule has 0 fully saturated rings. The fourth-order valence-electron chi connectivity index (χ4n) is 1.90. The molecule has 0 spiro atoms. The second-order valence-corrected chi connectivity index (χ2v) is 4.77. The van der Waals surface area contributed by atoms with E-state index in [9.17, 15) is 4.79 Å². The number of carbonyl (C=O) groups is 1. The van der Waals surface area contributed by atoms with Gasteiger partial charge in [-0.25, -0.2) is 9.97 Å². The minimum absolute atomic E-state index is 0.223. The third-order valence-electron chi connectivity index (χ3n) is 3.12. The van der Waals surface area contributed by atoms with Gasteiger partial charge in [-0.2, -0.15) is 0 Å². The fraction of sp³-hybridized carbons (Fsp3) is 0.125. The summed E-state index contributed by atoms with van der Waals surface area (Å²) in [4.78, 5) is 24.2. The van der Waals surface area contributed by atoms with Crippen LogP contribution in [-0.2, 0) is 13.1 Å². The van der Waals surface area contributed by atoms with Crippen molar-refractivity contribution < 1.29 is 9.21 Å². The molecule has 116 valence electrons. The maximum Gasteiger partial charge on any atom is 0.254 e. The van der Waals surface area contributed by atoms with E-state index < -0.39 is 0 Å². The van der Waals surface area contributed by atoms with Crippen molar-refractivity contribution in [3.05, 3.63) is 72.2 Å². The van der Waals surface area contributed by atoms with Gasteiger partial charge in [0.05, 0.1) is 18.4 Å². The molecule has 3 heterocycles. The summed E-state index contributed by atoms with van der Waals surface area (Å²) in [7, 11) is 0. The van der Waals surface area contributed by atoms with Crippen molar-refractivity contribution in [1.82, 2.24) is 20.3 Å². The van der Waals surface area contributed by atoms with Gasteiger partial charge in [0.1, 0.15) is 5.76 Å². The lowest BCUT2D eigenvalue weighted by Crippen LogP contribution is -2.23. The van der Waals surface area contributed by atoms with E-state index in [4.69, 9.17) is 4.42 Å². The van der Waals surface area contributed by atoms with E-state index >= 15 is 0 Å². The zero-order valence-corrected chi connectivity index (χ0v) is 12.3. The summed E-state index contributed by atoms with van der Waals surface area (Å²) in [6.07, 6.45) is 7.95. The van der Waals surface area contributed by atoms with E-state index in [0.29, 0.717) is 24.6 Å². The molecule has 0 aliphatic carbocycles. The van der Waals surface area contributed by atoms with E-state index in [2.05, 4.69) is 25.6 Å². The Hall–Kier alpha value is -3.22. The summed E-state index contributed by atoms with van der Waals surface area (Å²) in [5.41, 5.74) is 1.38. The predicted molar refractivity (Wildman–Crippen MR) is 83.5 cm³/mol. The number of nitrogens with zero attached hydrogens (tertiary/aromatic N) is 3. The first-order chi connectivity index (χ1) is 11.3. The Bertz CT molecular complexity index is 742. The van der Waals surface area contributed by atoms with Gasteiger partial charge in [0.25, 0.3) is 5.91 Å². The molecule has 2 N–H and O–H groups in total. The SMILES string of the molecule is O=C(NCc1ccncc1)c1cnc(NCc2ccco2)nc1. The third kappa shape index (κ3) is 4.13. The molecule has 3 rings (SSSR count). The Morgan fingerprint density at radius 1 is 1.09 bits per heavy atom. The Morgan fingerprint density at radius 2 is 1.87 bits per heavy atom. The van der Waals surface area contributed by atoms with E-state index in [-0.39, 0.29) is 5.91 Å².